The Hall–Kier alpha value is -7.30. The second-order valence-corrected chi connectivity index (χ2v) is 24.2. The monoisotopic (exact) mass is 918 g/mol. The highest BCUT2D eigenvalue weighted by molar-refractivity contribution is 7.00. The average molecular weight is 919 g/mol. The van der Waals surface area contributed by atoms with Crippen LogP contribution in [0.3, 0.4) is 0 Å². The second-order valence-electron chi connectivity index (χ2n) is 24.2. The van der Waals surface area contributed by atoms with Gasteiger partial charge in [0.15, 0.2) is 0 Å². The first-order valence-electron chi connectivity index (χ1n) is 26.2. The Morgan fingerprint density at radius 2 is 1.06 bits per heavy atom. The Labute approximate surface area is 419 Å². The number of benzene rings is 9. The van der Waals surface area contributed by atoms with Crippen molar-refractivity contribution in [3.05, 3.63) is 180 Å². The zero-order valence-electron chi connectivity index (χ0n) is 43.9. The van der Waals surface area contributed by atoms with E-state index >= 15 is 0 Å². The molecule has 0 spiro atoms. The van der Waals surface area contributed by atoms with Crippen LogP contribution in [-0.4, -0.2) is 15.8 Å². The minimum absolute atomic E-state index is 0.0109. The highest BCUT2D eigenvalue weighted by Gasteiger charge is 2.44. The third-order valence-corrected chi connectivity index (χ3v) is 16.5. The lowest BCUT2D eigenvalue weighted by atomic mass is 9.33. The van der Waals surface area contributed by atoms with Crippen molar-refractivity contribution in [3.63, 3.8) is 0 Å². The first-order valence-corrected chi connectivity index (χ1v) is 25.7. The summed E-state index contributed by atoms with van der Waals surface area (Å²) >= 11 is 0. The highest BCUT2D eigenvalue weighted by atomic mass is 15.2. The van der Waals surface area contributed by atoms with Crippen LogP contribution in [-0.2, 0) is 16.2 Å². The van der Waals surface area contributed by atoms with Gasteiger partial charge in [0.25, 0.3) is 6.71 Å². The van der Waals surface area contributed by atoms with Gasteiger partial charge in [-0.3, -0.25) is 0 Å². The second kappa shape index (κ2) is 14.2. The fraction of sp³-hybridized carbons (Fsp3) is 0.224. The van der Waals surface area contributed by atoms with E-state index in [0.717, 1.165) is 16.9 Å². The van der Waals surface area contributed by atoms with Gasteiger partial charge in [0.1, 0.15) is 0 Å². The van der Waals surface area contributed by atoms with Gasteiger partial charge in [0.05, 0.1) is 22.2 Å². The number of hydrogen-bond donors (Lipinski definition) is 0. The molecule has 14 rings (SSSR count). The molecule has 0 atom stereocenters. The molecule has 0 amide bonds. The molecule has 11 aromatic rings. The van der Waals surface area contributed by atoms with Crippen molar-refractivity contribution >= 4 is 94.5 Å². The lowest BCUT2D eigenvalue weighted by molar-refractivity contribution is 0.590. The van der Waals surface area contributed by atoms with Crippen LogP contribution < -0.4 is 21.3 Å². The minimum atomic E-state index is -0.759. The molecule has 0 unspecified atom stereocenters. The summed E-state index contributed by atoms with van der Waals surface area (Å²) in [4.78, 5) is 2.58. The molecule has 0 saturated carbocycles. The summed E-state index contributed by atoms with van der Waals surface area (Å²) in [6, 6.07) is 61.1. The molecule has 0 radical (unpaired) electrons. The first-order chi connectivity index (χ1) is 34.3. The molecule has 0 saturated heterocycles. The van der Waals surface area contributed by atoms with Crippen LogP contribution in [0.1, 0.15) is 106 Å². The van der Waals surface area contributed by atoms with Crippen molar-refractivity contribution in [3.8, 4) is 33.6 Å². The molecule has 3 nitrogen and oxygen atoms in total. The van der Waals surface area contributed by atoms with Gasteiger partial charge in [-0.05, 0) is 154 Å². The average Bonchev–Trinajstić information content (AvgIpc) is 3.82. The SMILES string of the molecule is [2H]C(C)(C)c1ccc2c(c1)c1cc(C(C)(C)C)cc3c1n2-c1cc(-n2c4cccc5c4c4c6c(cccc6ccc42)-c2ccccc2-5)cc2c1B3c1cc(C(C)(C)C)ccc1N2c1ccc(C(C)(C)C)cc1. The maximum absolute atomic E-state index is 9.27. The number of aromatic nitrogens is 2. The topological polar surface area (TPSA) is 13.1 Å². The number of hydrogen-bond acceptors (Lipinski definition) is 1. The maximum Gasteiger partial charge on any atom is 0.252 e. The van der Waals surface area contributed by atoms with Crippen LogP contribution in [0.4, 0.5) is 17.1 Å². The molecule has 3 aliphatic rings. The zero-order valence-corrected chi connectivity index (χ0v) is 42.9. The normalized spacial score (nSPS) is 14.3. The van der Waals surface area contributed by atoms with E-state index in [4.69, 9.17) is 0 Å². The summed E-state index contributed by atoms with van der Waals surface area (Å²) in [7, 11) is 0. The molecule has 2 aliphatic heterocycles. The third-order valence-electron chi connectivity index (χ3n) is 16.5. The molecule has 4 heteroatoms. The standard InChI is InChI=1S/C67H60BN3/c1-38(2)40-23-29-54-50(32-40)51-33-43(67(9,10)11)35-53-64(51)71(54)59-37-45(70-56-21-15-20-49-47-18-13-12-17-46(47)48-19-14-16-39-22-30-57(70)62(60(39)48)61(49)56)36-58-63(59)68(53)52-34-42(66(6,7)8)26-31-55(52)69(58)44-27-24-41(25-28-44)65(3,4)5/h12-38H,1-11H3/i38D. The van der Waals surface area contributed by atoms with Gasteiger partial charge in [0, 0.05) is 51.2 Å². The molecular weight excluding hydrogens is 858 g/mol. The summed E-state index contributed by atoms with van der Waals surface area (Å²) in [6.07, 6.45) is 0. The fourth-order valence-corrected chi connectivity index (χ4v) is 12.9. The molecule has 0 fully saturated rings. The Morgan fingerprint density at radius 1 is 0.437 bits per heavy atom. The van der Waals surface area contributed by atoms with Gasteiger partial charge in [-0.25, -0.2) is 0 Å². The summed E-state index contributed by atoms with van der Waals surface area (Å²) in [5, 5.41) is 7.64. The summed E-state index contributed by atoms with van der Waals surface area (Å²) < 4.78 is 14.5. The van der Waals surface area contributed by atoms with Crippen LogP contribution in [0.2, 0.25) is 0 Å². The van der Waals surface area contributed by atoms with Gasteiger partial charge in [-0.2, -0.15) is 0 Å². The van der Waals surface area contributed by atoms with Gasteiger partial charge >= 0.3 is 0 Å². The van der Waals surface area contributed by atoms with Crippen molar-refractivity contribution < 1.29 is 1.37 Å². The van der Waals surface area contributed by atoms with E-state index in [1.165, 1.54) is 127 Å². The van der Waals surface area contributed by atoms with E-state index in [2.05, 4.69) is 234 Å². The molecule has 1 aliphatic carbocycles. The maximum atomic E-state index is 9.27. The van der Waals surface area contributed by atoms with E-state index < -0.39 is 5.89 Å². The summed E-state index contributed by atoms with van der Waals surface area (Å²) in [5.74, 6) is -0.759. The van der Waals surface area contributed by atoms with Crippen molar-refractivity contribution in [2.45, 2.75) is 98.3 Å². The van der Waals surface area contributed by atoms with Gasteiger partial charge in [-0.15, -0.1) is 0 Å². The lowest BCUT2D eigenvalue weighted by Crippen LogP contribution is -2.60. The van der Waals surface area contributed by atoms with E-state index in [0.29, 0.717) is 0 Å². The quantitative estimate of drug-likeness (QED) is 0.161. The Kier molecular flexibility index (Phi) is 8.29. The Balaban J connectivity index is 1.18. The summed E-state index contributed by atoms with van der Waals surface area (Å²) in [5.41, 5.74) is 24.7. The molecule has 0 bridgehead atoms. The van der Waals surface area contributed by atoms with Crippen molar-refractivity contribution in [2.24, 2.45) is 0 Å². The van der Waals surface area contributed by atoms with Crippen LogP contribution in [0.5, 0.6) is 0 Å². The van der Waals surface area contributed by atoms with Gasteiger partial charge in [-0.1, -0.05) is 173 Å². The largest absolute Gasteiger partial charge is 0.311 e. The highest BCUT2D eigenvalue weighted by Crippen LogP contribution is 2.51. The molecule has 346 valence electrons. The van der Waals surface area contributed by atoms with Crippen molar-refractivity contribution in [1.29, 1.82) is 0 Å². The number of nitrogens with zero attached hydrogens (tertiary/aromatic N) is 3. The van der Waals surface area contributed by atoms with Crippen LogP contribution >= 0.6 is 0 Å². The van der Waals surface area contributed by atoms with Crippen molar-refractivity contribution in [1.82, 2.24) is 9.13 Å². The van der Waals surface area contributed by atoms with E-state index in [1.807, 2.05) is 13.8 Å². The van der Waals surface area contributed by atoms with Crippen LogP contribution in [0.25, 0.3) is 88.0 Å². The first kappa shape index (κ1) is 41.5. The number of fused-ring (bicyclic) bond motifs is 10. The number of rotatable bonds is 3. The molecule has 9 aromatic carbocycles. The lowest BCUT2D eigenvalue weighted by Gasteiger charge is -2.41. The zero-order chi connectivity index (χ0) is 49.7. The molecule has 2 aromatic heterocycles. The molecular formula is C67H60BN3. The number of anilines is 3. The minimum Gasteiger partial charge on any atom is -0.311 e. The Morgan fingerprint density at radius 3 is 1.76 bits per heavy atom. The fourth-order valence-electron chi connectivity index (χ4n) is 12.9. The molecule has 0 N–H and O–H groups in total. The molecule has 4 heterocycles. The summed E-state index contributed by atoms with van der Waals surface area (Å²) in [6.45, 7) is 25.0. The van der Waals surface area contributed by atoms with Crippen LogP contribution in [0.15, 0.2) is 158 Å². The smallest absolute Gasteiger partial charge is 0.252 e. The molecule has 71 heavy (non-hydrogen) atoms. The third kappa shape index (κ3) is 5.85. The van der Waals surface area contributed by atoms with E-state index in [-0.39, 0.29) is 23.0 Å². The van der Waals surface area contributed by atoms with Gasteiger partial charge < -0.3 is 14.0 Å². The predicted molar refractivity (Wildman–Crippen MR) is 307 cm³/mol. The Bertz CT molecular complexity index is 4190. The predicted octanol–water partition coefficient (Wildman–Crippen LogP) is 16.3. The van der Waals surface area contributed by atoms with Crippen LogP contribution in [0, 0.1) is 0 Å². The van der Waals surface area contributed by atoms with E-state index in [1.54, 1.807) is 0 Å². The van der Waals surface area contributed by atoms with Gasteiger partial charge in [0.2, 0.25) is 0 Å². The van der Waals surface area contributed by atoms with E-state index in [9.17, 15) is 1.37 Å². The van der Waals surface area contributed by atoms with Crippen molar-refractivity contribution in [2.75, 3.05) is 4.90 Å².